The van der Waals surface area contributed by atoms with E-state index >= 15 is 0 Å². The highest BCUT2D eigenvalue weighted by molar-refractivity contribution is 5.75. The third-order valence-electron chi connectivity index (χ3n) is 2.35. The van der Waals surface area contributed by atoms with Crippen molar-refractivity contribution in [3.05, 3.63) is 0 Å². The van der Waals surface area contributed by atoms with Gasteiger partial charge in [0.05, 0.1) is 13.0 Å². The quantitative estimate of drug-likeness (QED) is 0.645. The van der Waals surface area contributed by atoms with Gasteiger partial charge in [-0.2, -0.15) is 0 Å². The fourth-order valence-corrected chi connectivity index (χ4v) is 1.30. The molecule has 0 saturated carbocycles. The van der Waals surface area contributed by atoms with Crippen LogP contribution in [0.5, 0.6) is 0 Å². The molecule has 1 N–H and O–H groups in total. The molecule has 0 aliphatic carbocycles. The highest BCUT2D eigenvalue weighted by atomic mass is 16.5. The van der Waals surface area contributed by atoms with E-state index in [0.29, 0.717) is 26.3 Å². The monoisotopic (exact) mass is 246 g/mol. The summed E-state index contributed by atoms with van der Waals surface area (Å²) in [7, 11) is 1.69. The summed E-state index contributed by atoms with van der Waals surface area (Å²) >= 11 is 0. The van der Waals surface area contributed by atoms with Crippen LogP contribution in [0, 0.1) is 0 Å². The lowest BCUT2D eigenvalue weighted by Gasteiger charge is -2.26. The zero-order chi connectivity index (χ0) is 13.3. The van der Waals surface area contributed by atoms with Crippen LogP contribution in [0.3, 0.4) is 0 Å². The first kappa shape index (κ1) is 15.7. The Hall–Kier alpha value is -1.30. The van der Waals surface area contributed by atoms with Gasteiger partial charge in [-0.3, -0.25) is 4.79 Å². The Morgan fingerprint density at radius 1 is 1.24 bits per heavy atom. The number of carboxylic acid groups (broad SMARTS) is 1. The van der Waals surface area contributed by atoms with Crippen molar-refractivity contribution in [2.45, 2.75) is 20.3 Å². The largest absolute Gasteiger partial charge is 0.481 e. The van der Waals surface area contributed by atoms with Gasteiger partial charge in [-0.15, -0.1) is 0 Å². The van der Waals surface area contributed by atoms with Crippen LogP contribution in [0.2, 0.25) is 0 Å². The molecule has 0 rings (SSSR count). The van der Waals surface area contributed by atoms with Crippen molar-refractivity contribution in [2.75, 3.05) is 39.9 Å². The van der Waals surface area contributed by atoms with E-state index in [4.69, 9.17) is 9.84 Å². The molecular weight excluding hydrogens is 224 g/mol. The zero-order valence-corrected chi connectivity index (χ0v) is 10.8. The molecule has 0 spiro atoms. The van der Waals surface area contributed by atoms with Gasteiger partial charge in [-0.05, 0) is 13.8 Å². The second-order valence-corrected chi connectivity index (χ2v) is 3.62. The summed E-state index contributed by atoms with van der Waals surface area (Å²) in [6.45, 7) is 6.10. The molecule has 0 unspecified atom stereocenters. The maximum absolute atomic E-state index is 11.9. The molecule has 0 aliphatic heterocycles. The Morgan fingerprint density at radius 3 is 2.35 bits per heavy atom. The molecule has 0 aromatic rings. The van der Waals surface area contributed by atoms with Gasteiger partial charge in [-0.1, -0.05) is 0 Å². The van der Waals surface area contributed by atoms with E-state index in [1.807, 2.05) is 13.8 Å². The average molecular weight is 246 g/mol. The molecule has 100 valence electrons. The van der Waals surface area contributed by atoms with Crippen molar-refractivity contribution in [1.82, 2.24) is 9.80 Å². The lowest BCUT2D eigenvalue weighted by molar-refractivity contribution is -0.137. The molecule has 0 heterocycles. The number of hydrogen-bond donors (Lipinski definition) is 1. The molecule has 6 heteroatoms. The van der Waals surface area contributed by atoms with Gasteiger partial charge < -0.3 is 19.6 Å². The summed E-state index contributed by atoms with van der Waals surface area (Å²) < 4.78 is 5.16. The van der Waals surface area contributed by atoms with Gasteiger partial charge in [0.1, 0.15) is 0 Å². The molecule has 0 atom stereocenters. The predicted octanol–water partition coefficient (Wildman–Crippen LogP) is 0.871. The van der Waals surface area contributed by atoms with Crippen LogP contribution >= 0.6 is 0 Å². The zero-order valence-electron chi connectivity index (χ0n) is 10.8. The molecular formula is C11H22N2O4. The van der Waals surface area contributed by atoms with E-state index in [-0.39, 0.29) is 19.0 Å². The third-order valence-corrected chi connectivity index (χ3v) is 2.35. The number of carbonyl (C=O) groups excluding carboxylic acids is 1. The second kappa shape index (κ2) is 8.81. The SMILES string of the molecule is CCOCCN(C)C(=O)N(CC)CCC(=O)O. The lowest BCUT2D eigenvalue weighted by Crippen LogP contribution is -2.43. The van der Waals surface area contributed by atoms with Gasteiger partial charge in [0.15, 0.2) is 0 Å². The van der Waals surface area contributed by atoms with Crippen molar-refractivity contribution in [3.63, 3.8) is 0 Å². The van der Waals surface area contributed by atoms with Crippen LogP contribution in [0.25, 0.3) is 0 Å². The summed E-state index contributed by atoms with van der Waals surface area (Å²) in [6, 6.07) is -0.159. The van der Waals surface area contributed by atoms with E-state index in [1.54, 1.807) is 11.9 Å². The molecule has 0 bridgehead atoms. The molecule has 6 nitrogen and oxygen atoms in total. The van der Waals surface area contributed by atoms with Gasteiger partial charge >= 0.3 is 12.0 Å². The highest BCUT2D eigenvalue weighted by Crippen LogP contribution is 1.99. The van der Waals surface area contributed by atoms with E-state index in [1.165, 1.54) is 4.90 Å². The molecule has 0 radical (unpaired) electrons. The number of rotatable bonds is 8. The van der Waals surface area contributed by atoms with Crippen LogP contribution in [0.1, 0.15) is 20.3 Å². The number of ether oxygens (including phenoxy) is 1. The molecule has 2 amide bonds. The van der Waals surface area contributed by atoms with E-state index in [9.17, 15) is 9.59 Å². The Morgan fingerprint density at radius 2 is 1.88 bits per heavy atom. The maximum atomic E-state index is 11.9. The first-order chi connectivity index (χ1) is 8.02. The maximum Gasteiger partial charge on any atom is 0.319 e. The Kier molecular flexibility index (Phi) is 8.13. The van der Waals surface area contributed by atoms with E-state index in [2.05, 4.69) is 0 Å². The van der Waals surface area contributed by atoms with Crippen molar-refractivity contribution >= 4 is 12.0 Å². The number of urea groups is 1. The smallest absolute Gasteiger partial charge is 0.319 e. The summed E-state index contributed by atoms with van der Waals surface area (Å²) in [6.07, 6.45) is -0.0289. The minimum absolute atomic E-state index is 0.0289. The Balaban J connectivity index is 4.08. The Bertz CT molecular complexity index is 246. The molecule has 0 saturated heterocycles. The number of nitrogens with zero attached hydrogens (tertiary/aromatic N) is 2. The minimum atomic E-state index is -0.895. The number of carbonyl (C=O) groups is 2. The number of carboxylic acids is 1. The fraction of sp³-hybridized carbons (Fsp3) is 0.818. The number of likely N-dealkylation sites (N-methyl/N-ethyl adjacent to an activating group) is 1. The number of hydrogen-bond acceptors (Lipinski definition) is 3. The topological polar surface area (TPSA) is 70.1 Å². The van der Waals surface area contributed by atoms with E-state index in [0.717, 1.165) is 0 Å². The van der Waals surface area contributed by atoms with Crippen molar-refractivity contribution in [1.29, 1.82) is 0 Å². The second-order valence-electron chi connectivity index (χ2n) is 3.62. The van der Waals surface area contributed by atoms with Crippen molar-refractivity contribution < 1.29 is 19.4 Å². The number of aliphatic carboxylic acids is 1. The standard InChI is InChI=1S/C11H22N2O4/c1-4-13(7-6-10(14)15)11(16)12(3)8-9-17-5-2/h4-9H2,1-3H3,(H,14,15). The Labute approximate surface area is 102 Å². The van der Waals surface area contributed by atoms with Crippen LogP contribution in [-0.2, 0) is 9.53 Å². The predicted molar refractivity (Wildman–Crippen MR) is 64.0 cm³/mol. The summed E-state index contributed by atoms with van der Waals surface area (Å²) in [5.74, 6) is -0.895. The summed E-state index contributed by atoms with van der Waals surface area (Å²) in [5, 5.41) is 8.58. The average Bonchev–Trinajstić information content (AvgIpc) is 2.29. The molecule has 0 fully saturated rings. The number of amides is 2. The first-order valence-electron chi connectivity index (χ1n) is 5.82. The highest BCUT2D eigenvalue weighted by Gasteiger charge is 2.16. The van der Waals surface area contributed by atoms with Gasteiger partial charge in [-0.25, -0.2) is 4.79 Å². The van der Waals surface area contributed by atoms with Crippen LogP contribution in [-0.4, -0.2) is 66.8 Å². The normalized spacial score (nSPS) is 10.1. The summed E-state index contributed by atoms with van der Waals surface area (Å²) in [5.41, 5.74) is 0. The molecule has 17 heavy (non-hydrogen) atoms. The van der Waals surface area contributed by atoms with Crippen LogP contribution < -0.4 is 0 Å². The minimum Gasteiger partial charge on any atom is -0.481 e. The van der Waals surface area contributed by atoms with E-state index < -0.39 is 5.97 Å². The molecule has 0 aromatic carbocycles. The lowest BCUT2D eigenvalue weighted by atomic mass is 10.4. The molecule has 0 aromatic heterocycles. The fourth-order valence-electron chi connectivity index (χ4n) is 1.30. The van der Waals surface area contributed by atoms with Crippen LogP contribution in [0.4, 0.5) is 4.79 Å². The third kappa shape index (κ3) is 6.78. The first-order valence-corrected chi connectivity index (χ1v) is 5.82. The van der Waals surface area contributed by atoms with Crippen molar-refractivity contribution in [3.8, 4) is 0 Å². The molecule has 0 aliphatic rings. The van der Waals surface area contributed by atoms with Gasteiger partial charge in [0.2, 0.25) is 0 Å². The van der Waals surface area contributed by atoms with Gasteiger partial charge in [0, 0.05) is 33.3 Å². The van der Waals surface area contributed by atoms with Crippen molar-refractivity contribution in [2.24, 2.45) is 0 Å². The summed E-state index contributed by atoms with van der Waals surface area (Å²) in [4.78, 5) is 25.4. The van der Waals surface area contributed by atoms with Crippen LogP contribution in [0.15, 0.2) is 0 Å². The van der Waals surface area contributed by atoms with Gasteiger partial charge in [0.25, 0.3) is 0 Å².